The quantitative estimate of drug-likeness (QED) is 0.865. The summed E-state index contributed by atoms with van der Waals surface area (Å²) >= 11 is 0. The van der Waals surface area contributed by atoms with Crippen LogP contribution >= 0.6 is 0 Å². The van der Waals surface area contributed by atoms with Crippen molar-refractivity contribution in [3.63, 3.8) is 0 Å². The molecule has 0 atom stereocenters. The van der Waals surface area contributed by atoms with Gasteiger partial charge in [-0.3, -0.25) is 0 Å². The van der Waals surface area contributed by atoms with E-state index in [1.165, 1.54) is 12.1 Å². The van der Waals surface area contributed by atoms with Crippen LogP contribution in [0, 0.1) is 0 Å². The van der Waals surface area contributed by atoms with Crippen molar-refractivity contribution in [2.45, 2.75) is 11.3 Å². The van der Waals surface area contributed by atoms with Crippen LogP contribution in [0.4, 0.5) is 14.5 Å². The number of halogens is 2. The number of hydrogen-bond donors (Lipinski definition) is 1. The van der Waals surface area contributed by atoms with E-state index in [1.807, 2.05) is 0 Å². The number of hydrogen-bond acceptors (Lipinski definition) is 3. The molecule has 84 valence electrons. The number of nitrogens with one attached hydrogen (secondary N) is 1. The van der Waals surface area contributed by atoms with E-state index < -0.39 is 22.8 Å². The van der Waals surface area contributed by atoms with Crippen LogP contribution in [0.3, 0.4) is 0 Å². The predicted octanol–water partition coefficient (Wildman–Crippen LogP) is 1.77. The van der Waals surface area contributed by atoms with Gasteiger partial charge in [0.15, 0.2) is 9.84 Å². The van der Waals surface area contributed by atoms with Crippen molar-refractivity contribution < 1.29 is 17.2 Å². The SMILES string of the molecule is CS(=O)(=O)c1ccccc1NCC(F)F. The van der Waals surface area contributed by atoms with Gasteiger partial charge in [0.25, 0.3) is 6.43 Å². The highest BCUT2D eigenvalue weighted by molar-refractivity contribution is 7.90. The number of sulfone groups is 1. The van der Waals surface area contributed by atoms with Gasteiger partial charge in [0.2, 0.25) is 0 Å². The van der Waals surface area contributed by atoms with Crippen LogP contribution in [-0.2, 0) is 9.84 Å². The minimum atomic E-state index is -3.39. The smallest absolute Gasteiger partial charge is 0.255 e. The minimum Gasteiger partial charge on any atom is -0.378 e. The number of para-hydroxylation sites is 1. The van der Waals surface area contributed by atoms with E-state index in [0.717, 1.165) is 6.26 Å². The summed E-state index contributed by atoms with van der Waals surface area (Å²) in [6, 6.07) is 5.97. The number of rotatable bonds is 4. The first-order chi connectivity index (χ1) is 6.91. The molecule has 0 amide bonds. The number of alkyl halides is 2. The fourth-order valence-electron chi connectivity index (χ4n) is 1.12. The van der Waals surface area contributed by atoms with Crippen molar-refractivity contribution in [3.8, 4) is 0 Å². The molecule has 0 heterocycles. The maximum atomic E-state index is 11.9. The molecular formula is C9H11F2NO2S. The van der Waals surface area contributed by atoms with Crippen molar-refractivity contribution in [1.82, 2.24) is 0 Å². The zero-order valence-electron chi connectivity index (χ0n) is 8.07. The van der Waals surface area contributed by atoms with E-state index in [0.29, 0.717) is 0 Å². The lowest BCUT2D eigenvalue weighted by Gasteiger charge is -2.09. The summed E-state index contributed by atoms with van der Waals surface area (Å²) in [5.41, 5.74) is 0.209. The molecular weight excluding hydrogens is 224 g/mol. The van der Waals surface area contributed by atoms with Crippen molar-refractivity contribution in [3.05, 3.63) is 24.3 Å². The van der Waals surface area contributed by atoms with E-state index in [1.54, 1.807) is 12.1 Å². The first-order valence-electron chi connectivity index (χ1n) is 4.22. The molecule has 0 saturated carbocycles. The molecule has 0 spiro atoms. The topological polar surface area (TPSA) is 46.2 Å². The predicted molar refractivity (Wildman–Crippen MR) is 54.0 cm³/mol. The number of anilines is 1. The summed E-state index contributed by atoms with van der Waals surface area (Å²) in [4.78, 5) is 0.0330. The van der Waals surface area contributed by atoms with Crippen LogP contribution in [0.2, 0.25) is 0 Å². The molecule has 1 aromatic carbocycles. The molecule has 0 fully saturated rings. The normalized spacial score (nSPS) is 11.7. The zero-order chi connectivity index (χ0) is 11.5. The third-order valence-corrected chi connectivity index (χ3v) is 2.89. The molecule has 1 aromatic rings. The molecule has 0 aliphatic heterocycles. The van der Waals surface area contributed by atoms with Crippen LogP contribution in [0.5, 0.6) is 0 Å². The van der Waals surface area contributed by atoms with Gasteiger partial charge in [-0.25, -0.2) is 17.2 Å². The zero-order valence-corrected chi connectivity index (χ0v) is 8.89. The molecule has 0 bridgehead atoms. The van der Waals surface area contributed by atoms with Crippen LogP contribution in [0.1, 0.15) is 0 Å². The Bertz CT molecular complexity index is 431. The lowest BCUT2D eigenvalue weighted by molar-refractivity contribution is 0.163. The first-order valence-corrected chi connectivity index (χ1v) is 6.11. The lowest BCUT2D eigenvalue weighted by Crippen LogP contribution is -2.12. The molecule has 0 unspecified atom stereocenters. The second kappa shape index (κ2) is 4.57. The van der Waals surface area contributed by atoms with Gasteiger partial charge in [-0.2, -0.15) is 0 Å². The lowest BCUT2D eigenvalue weighted by atomic mass is 10.3. The maximum Gasteiger partial charge on any atom is 0.255 e. The number of benzene rings is 1. The Kier molecular flexibility index (Phi) is 3.62. The summed E-state index contributed by atoms with van der Waals surface area (Å²) in [5, 5.41) is 2.39. The van der Waals surface area contributed by atoms with E-state index >= 15 is 0 Å². The van der Waals surface area contributed by atoms with Crippen molar-refractivity contribution in [2.24, 2.45) is 0 Å². The molecule has 0 aliphatic carbocycles. The van der Waals surface area contributed by atoms with E-state index in [4.69, 9.17) is 0 Å². The Labute approximate surface area is 87.0 Å². The van der Waals surface area contributed by atoms with E-state index in [2.05, 4.69) is 5.32 Å². The molecule has 0 radical (unpaired) electrons. The third-order valence-electron chi connectivity index (χ3n) is 1.73. The molecule has 6 heteroatoms. The Hall–Kier alpha value is -1.17. The fraction of sp³-hybridized carbons (Fsp3) is 0.333. The van der Waals surface area contributed by atoms with E-state index in [9.17, 15) is 17.2 Å². The molecule has 1 N–H and O–H groups in total. The largest absolute Gasteiger partial charge is 0.378 e. The molecule has 0 aromatic heterocycles. The third kappa shape index (κ3) is 3.47. The molecule has 15 heavy (non-hydrogen) atoms. The summed E-state index contributed by atoms with van der Waals surface area (Å²) in [5.74, 6) is 0. The summed E-state index contributed by atoms with van der Waals surface area (Å²) in [6.45, 7) is -0.563. The molecule has 0 saturated heterocycles. The van der Waals surface area contributed by atoms with Crippen LogP contribution in [0.25, 0.3) is 0 Å². The van der Waals surface area contributed by atoms with Crippen LogP contribution in [-0.4, -0.2) is 27.6 Å². The Morgan fingerprint density at radius 3 is 2.47 bits per heavy atom. The first kappa shape index (κ1) is 11.9. The van der Waals surface area contributed by atoms with Gasteiger partial charge < -0.3 is 5.32 Å². The van der Waals surface area contributed by atoms with Gasteiger partial charge in [0.1, 0.15) is 0 Å². The van der Waals surface area contributed by atoms with Gasteiger partial charge in [-0.1, -0.05) is 12.1 Å². The van der Waals surface area contributed by atoms with Gasteiger partial charge in [-0.05, 0) is 12.1 Å². The van der Waals surface area contributed by atoms with Crippen LogP contribution < -0.4 is 5.32 Å². The van der Waals surface area contributed by atoms with Gasteiger partial charge >= 0.3 is 0 Å². The molecule has 3 nitrogen and oxygen atoms in total. The standard InChI is InChI=1S/C9H11F2NO2S/c1-15(13,14)8-5-3-2-4-7(8)12-6-9(10)11/h2-5,9,12H,6H2,1H3. The average molecular weight is 235 g/mol. The average Bonchev–Trinajstić information content (AvgIpc) is 2.13. The van der Waals surface area contributed by atoms with Gasteiger partial charge in [0.05, 0.1) is 17.1 Å². The van der Waals surface area contributed by atoms with Gasteiger partial charge in [0, 0.05) is 6.26 Å². The summed E-state index contributed by atoms with van der Waals surface area (Å²) < 4.78 is 46.4. The second-order valence-electron chi connectivity index (χ2n) is 3.04. The highest BCUT2D eigenvalue weighted by Crippen LogP contribution is 2.20. The Morgan fingerprint density at radius 1 is 1.33 bits per heavy atom. The monoisotopic (exact) mass is 235 g/mol. The minimum absolute atomic E-state index is 0.0330. The van der Waals surface area contributed by atoms with Crippen molar-refractivity contribution in [2.75, 3.05) is 18.1 Å². The van der Waals surface area contributed by atoms with Crippen molar-refractivity contribution in [1.29, 1.82) is 0 Å². The summed E-state index contributed by atoms with van der Waals surface area (Å²) in [6.07, 6.45) is -1.48. The van der Waals surface area contributed by atoms with E-state index in [-0.39, 0.29) is 10.6 Å². The van der Waals surface area contributed by atoms with Gasteiger partial charge in [-0.15, -0.1) is 0 Å². The molecule has 1 rings (SSSR count). The van der Waals surface area contributed by atoms with Crippen LogP contribution in [0.15, 0.2) is 29.2 Å². The maximum absolute atomic E-state index is 11.9. The molecule has 0 aliphatic rings. The Balaban J connectivity index is 2.98. The summed E-state index contributed by atoms with van der Waals surface area (Å²) in [7, 11) is -3.39. The Morgan fingerprint density at radius 2 is 1.93 bits per heavy atom. The fourth-order valence-corrected chi connectivity index (χ4v) is 1.99. The highest BCUT2D eigenvalue weighted by Gasteiger charge is 2.13. The highest BCUT2D eigenvalue weighted by atomic mass is 32.2. The van der Waals surface area contributed by atoms with Crippen molar-refractivity contribution >= 4 is 15.5 Å². The second-order valence-corrected chi connectivity index (χ2v) is 5.02.